The van der Waals surface area contributed by atoms with Gasteiger partial charge in [0.2, 0.25) is 0 Å². The number of hydrogen-bond donors (Lipinski definition) is 2. The highest BCUT2D eigenvalue weighted by Gasteiger charge is 2.25. The van der Waals surface area contributed by atoms with Crippen LogP contribution in [0.2, 0.25) is 0 Å². The van der Waals surface area contributed by atoms with Crippen LogP contribution in [0.15, 0.2) is 28.3 Å². The van der Waals surface area contributed by atoms with Crippen LogP contribution in [0.4, 0.5) is 4.79 Å². The number of nitrogens with zero attached hydrogens (tertiary/aromatic N) is 2. The van der Waals surface area contributed by atoms with Crippen LogP contribution in [0.25, 0.3) is 0 Å². The Hall–Kier alpha value is -2.69. The van der Waals surface area contributed by atoms with Crippen LogP contribution in [-0.2, 0) is 24.3 Å². The monoisotopic (exact) mass is 410 g/mol. The molecule has 0 atom stereocenters. The minimum Gasteiger partial charge on any atom is -0.452 e. The van der Waals surface area contributed by atoms with Crippen molar-refractivity contribution in [3.63, 3.8) is 0 Å². The van der Waals surface area contributed by atoms with E-state index in [0.29, 0.717) is 0 Å². The van der Waals surface area contributed by atoms with E-state index in [1.165, 1.54) is 23.3 Å². The van der Waals surface area contributed by atoms with E-state index >= 15 is 0 Å². The maximum Gasteiger partial charge on any atom is 0.340 e. The second-order valence-corrected chi connectivity index (χ2v) is 8.53. The SMILES string of the molecule is O=C(COC(=O)C1=CN2CCS(=O)(=O)N=C2C=C1)NC(=O)NC1CCCCC1. The van der Waals surface area contributed by atoms with Gasteiger partial charge in [-0.3, -0.25) is 10.1 Å². The van der Waals surface area contributed by atoms with Crippen molar-refractivity contribution in [3.05, 3.63) is 23.9 Å². The van der Waals surface area contributed by atoms with E-state index < -0.39 is 34.5 Å². The van der Waals surface area contributed by atoms with Gasteiger partial charge in [0, 0.05) is 18.8 Å². The van der Waals surface area contributed by atoms with Crippen molar-refractivity contribution in [2.24, 2.45) is 4.40 Å². The molecule has 2 heterocycles. The largest absolute Gasteiger partial charge is 0.452 e. The number of urea groups is 1. The zero-order valence-corrected chi connectivity index (χ0v) is 16.0. The maximum absolute atomic E-state index is 12.1. The third-order valence-electron chi connectivity index (χ3n) is 4.59. The molecule has 11 heteroatoms. The van der Waals surface area contributed by atoms with Crippen molar-refractivity contribution in [2.45, 2.75) is 38.1 Å². The Morgan fingerprint density at radius 2 is 1.93 bits per heavy atom. The Morgan fingerprint density at radius 1 is 1.18 bits per heavy atom. The molecule has 2 aliphatic heterocycles. The van der Waals surface area contributed by atoms with Gasteiger partial charge in [-0.05, 0) is 25.0 Å². The molecule has 3 aliphatic rings. The van der Waals surface area contributed by atoms with Gasteiger partial charge in [0.15, 0.2) is 6.61 Å². The van der Waals surface area contributed by atoms with E-state index in [0.717, 1.165) is 32.1 Å². The number of nitrogens with one attached hydrogen (secondary N) is 2. The average Bonchev–Trinajstić information content (AvgIpc) is 2.65. The van der Waals surface area contributed by atoms with Gasteiger partial charge in [0.25, 0.3) is 15.9 Å². The molecule has 0 spiro atoms. The molecule has 0 radical (unpaired) electrons. The molecule has 152 valence electrons. The normalized spacial score (nSPS) is 21.1. The predicted molar refractivity (Wildman–Crippen MR) is 99.7 cm³/mol. The van der Waals surface area contributed by atoms with Crippen LogP contribution < -0.4 is 10.6 Å². The van der Waals surface area contributed by atoms with Crippen LogP contribution in [0, 0.1) is 0 Å². The van der Waals surface area contributed by atoms with Crippen LogP contribution in [0.3, 0.4) is 0 Å². The highest BCUT2D eigenvalue weighted by Crippen LogP contribution is 2.17. The second-order valence-electron chi connectivity index (χ2n) is 6.78. The number of hydrogen-bond acceptors (Lipinski definition) is 7. The maximum atomic E-state index is 12.1. The average molecular weight is 410 g/mol. The summed E-state index contributed by atoms with van der Waals surface area (Å²) in [5.41, 5.74) is 0.151. The third kappa shape index (κ3) is 5.41. The van der Waals surface area contributed by atoms with Gasteiger partial charge < -0.3 is 15.0 Å². The molecule has 3 amide bonds. The number of amides is 3. The summed E-state index contributed by atoms with van der Waals surface area (Å²) in [6.45, 7) is -0.429. The lowest BCUT2D eigenvalue weighted by Crippen LogP contribution is -2.46. The lowest BCUT2D eigenvalue weighted by molar-refractivity contribution is -0.144. The molecule has 2 N–H and O–H groups in total. The molecule has 0 saturated heterocycles. The minimum atomic E-state index is -3.48. The quantitative estimate of drug-likeness (QED) is 0.632. The molecule has 0 aromatic carbocycles. The van der Waals surface area contributed by atoms with Crippen LogP contribution in [-0.4, -0.2) is 62.0 Å². The van der Waals surface area contributed by atoms with Crippen molar-refractivity contribution in [1.29, 1.82) is 0 Å². The Balaban J connectivity index is 1.45. The smallest absolute Gasteiger partial charge is 0.340 e. The molecule has 10 nitrogen and oxygen atoms in total. The topological polar surface area (TPSA) is 134 Å². The van der Waals surface area contributed by atoms with Gasteiger partial charge >= 0.3 is 12.0 Å². The minimum absolute atomic E-state index is 0.0610. The van der Waals surface area contributed by atoms with E-state index in [9.17, 15) is 22.8 Å². The number of carbonyl (C=O) groups is 3. The number of carbonyl (C=O) groups excluding carboxylic acids is 3. The Labute approximate surface area is 162 Å². The van der Waals surface area contributed by atoms with Crippen molar-refractivity contribution in [3.8, 4) is 0 Å². The van der Waals surface area contributed by atoms with Crippen LogP contribution >= 0.6 is 0 Å². The van der Waals surface area contributed by atoms with Gasteiger partial charge in [0.1, 0.15) is 5.84 Å². The predicted octanol–water partition coefficient (Wildman–Crippen LogP) is 0.186. The summed E-state index contributed by atoms with van der Waals surface area (Å²) in [7, 11) is -3.48. The van der Waals surface area contributed by atoms with Gasteiger partial charge in [-0.2, -0.15) is 0 Å². The zero-order valence-electron chi connectivity index (χ0n) is 15.2. The molecule has 0 unspecified atom stereocenters. The van der Waals surface area contributed by atoms with Crippen LogP contribution in [0.1, 0.15) is 32.1 Å². The highest BCUT2D eigenvalue weighted by molar-refractivity contribution is 7.90. The summed E-state index contributed by atoms with van der Waals surface area (Å²) in [5, 5.41) is 4.88. The first-order valence-electron chi connectivity index (χ1n) is 9.09. The summed E-state index contributed by atoms with van der Waals surface area (Å²) in [6, 6.07) is -0.536. The van der Waals surface area contributed by atoms with Crippen molar-refractivity contribution < 1.29 is 27.5 Å². The molecular formula is C17H22N4O6S. The molecule has 0 aromatic heterocycles. The van der Waals surface area contributed by atoms with Gasteiger partial charge in [0.05, 0.1) is 11.3 Å². The number of fused-ring (bicyclic) bond motifs is 1. The van der Waals surface area contributed by atoms with Crippen molar-refractivity contribution in [2.75, 3.05) is 18.9 Å². The summed E-state index contributed by atoms with van der Waals surface area (Å²) in [4.78, 5) is 37.2. The Bertz CT molecular complexity index is 855. The van der Waals surface area contributed by atoms with Crippen LogP contribution in [0.5, 0.6) is 0 Å². The number of esters is 1. The fourth-order valence-corrected chi connectivity index (χ4v) is 4.14. The van der Waals surface area contributed by atoms with Crippen molar-refractivity contribution >= 4 is 33.8 Å². The van der Waals surface area contributed by atoms with E-state index in [1.54, 1.807) is 0 Å². The number of rotatable bonds is 4. The summed E-state index contributed by atoms with van der Waals surface area (Å²) >= 11 is 0. The first-order chi connectivity index (χ1) is 13.3. The molecule has 28 heavy (non-hydrogen) atoms. The molecule has 1 fully saturated rings. The standard InChI is InChI=1S/C17H22N4O6S/c22-15(19-17(24)18-13-4-2-1-3-5-13)11-27-16(23)12-6-7-14-20-28(25,26)9-8-21(14)10-12/h6-7,10,13H,1-5,8-9,11H2,(H2,18,19,22,24). The van der Waals surface area contributed by atoms with Crippen molar-refractivity contribution in [1.82, 2.24) is 15.5 Å². The number of amidine groups is 1. The molecule has 1 saturated carbocycles. The fraction of sp³-hybridized carbons (Fsp3) is 0.529. The molecule has 3 rings (SSSR count). The van der Waals surface area contributed by atoms with E-state index in [2.05, 4.69) is 15.0 Å². The molecule has 0 aromatic rings. The summed E-state index contributed by atoms with van der Waals surface area (Å²) in [6.07, 6.45) is 9.21. The lowest BCUT2D eigenvalue weighted by Gasteiger charge is -2.26. The number of ether oxygens (including phenoxy) is 1. The third-order valence-corrected chi connectivity index (χ3v) is 5.75. The first kappa shape index (κ1) is 20.1. The first-order valence-corrected chi connectivity index (χ1v) is 10.7. The Morgan fingerprint density at radius 3 is 2.68 bits per heavy atom. The Kier molecular flexibility index (Phi) is 6.12. The van der Waals surface area contributed by atoms with E-state index in [-0.39, 0.29) is 29.7 Å². The summed E-state index contributed by atoms with van der Waals surface area (Å²) in [5.74, 6) is -1.42. The zero-order chi connectivity index (χ0) is 20.1. The fourth-order valence-electron chi connectivity index (χ4n) is 3.17. The number of sulfonamides is 1. The van der Waals surface area contributed by atoms with Gasteiger partial charge in [-0.25, -0.2) is 18.0 Å². The lowest BCUT2D eigenvalue weighted by atomic mass is 9.96. The van der Waals surface area contributed by atoms with Gasteiger partial charge in [-0.15, -0.1) is 4.40 Å². The van der Waals surface area contributed by atoms with E-state index in [4.69, 9.17) is 4.74 Å². The molecule has 0 bridgehead atoms. The summed E-state index contributed by atoms with van der Waals surface area (Å²) < 4.78 is 31.5. The van der Waals surface area contributed by atoms with Gasteiger partial charge in [-0.1, -0.05) is 19.3 Å². The van der Waals surface area contributed by atoms with E-state index in [1.807, 2.05) is 0 Å². The molecule has 1 aliphatic carbocycles. The highest BCUT2D eigenvalue weighted by atomic mass is 32.2. The second kappa shape index (κ2) is 8.55. The number of imide groups is 1. The molecular weight excluding hydrogens is 388 g/mol.